The van der Waals surface area contributed by atoms with Gasteiger partial charge < -0.3 is 15.5 Å². The summed E-state index contributed by atoms with van der Waals surface area (Å²) in [5, 5.41) is 7.39. The third kappa shape index (κ3) is 4.85. The molecule has 4 rings (SSSR count). The SMILES string of the molecule is Cc1cccc([C@@H](C)NC2=NC(C)(C)Nc3cc(C)c(C4CCN(C(C)C)CC4)cc32)c1. The Bertz CT molecular complexity index is 996. The van der Waals surface area contributed by atoms with Gasteiger partial charge in [0, 0.05) is 23.3 Å². The van der Waals surface area contributed by atoms with Crippen LogP contribution >= 0.6 is 0 Å². The number of nitrogens with one attached hydrogen (secondary N) is 2. The fraction of sp³-hybridized carbons (Fsp3) is 0.536. The molecule has 4 heteroatoms. The highest BCUT2D eigenvalue weighted by molar-refractivity contribution is 6.05. The average Bonchev–Trinajstić information content (AvgIpc) is 2.72. The van der Waals surface area contributed by atoms with Gasteiger partial charge in [-0.05, 0) is 109 Å². The summed E-state index contributed by atoms with van der Waals surface area (Å²) in [6, 6.07) is 14.3. The van der Waals surface area contributed by atoms with Crippen molar-refractivity contribution in [3.8, 4) is 0 Å². The first-order chi connectivity index (χ1) is 15.1. The monoisotopic (exact) mass is 432 g/mol. The van der Waals surface area contributed by atoms with Gasteiger partial charge in [0.15, 0.2) is 0 Å². The molecule has 2 N–H and O–H groups in total. The lowest BCUT2D eigenvalue weighted by Gasteiger charge is -2.37. The van der Waals surface area contributed by atoms with Crippen LogP contribution in [0.1, 0.15) is 87.2 Å². The van der Waals surface area contributed by atoms with Crippen molar-refractivity contribution in [2.45, 2.75) is 85.0 Å². The molecule has 0 unspecified atom stereocenters. The van der Waals surface area contributed by atoms with Crippen molar-refractivity contribution in [2.75, 3.05) is 18.4 Å². The van der Waals surface area contributed by atoms with Crippen LogP contribution in [0.15, 0.2) is 41.4 Å². The Kier molecular flexibility index (Phi) is 6.35. The molecule has 2 aliphatic heterocycles. The van der Waals surface area contributed by atoms with Crippen LogP contribution in [0.2, 0.25) is 0 Å². The van der Waals surface area contributed by atoms with Gasteiger partial charge in [-0.1, -0.05) is 29.8 Å². The van der Waals surface area contributed by atoms with Crippen LogP contribution in [0, 0.1) is 13.8 Å². The molecule has 0 spiro atoms. The maximum atomic E-state index is 5.08. The summed E-state index contributed by atoms with van der Waals surface area (Å²) < 4.78 is 0. The van der Waals surface area contributed by atoms with Crippen molar-refractivity contribution in [3.05, 3.63) is 64.2 Å². The molecule has 1 atom stereocenters. The van der Waals surface area contributed by atoms with Gasteiger partial charge in [-0.15, -0.1) is 0 Å². The van der Waals surface area contributed by atoms with Gasteiger partial charge in [0.2, 0.25) is 0 Å². The van der Waals surface area contributed by atoms with Gasteiger partial charge in [-0.25, -0.2) is 4.99 Å². The maximum absolute atomic E-state index is 5.08. The molecule has 4 nitrogen and oxygen atoms in total. The van der Waals surface area contributed by atoms with Crippen molar-refractivity contribution in [1.82, 2.24) is 10.2 Å². The Balaban J connectivity index is 1.63. The molecule has 0 bridgehead atoms. The van der Waals surface area contributed by atoms with E-state index in [0.717, 1.165) is 5.84 Å². The van der Waals surface area contributed by atoms with E-state index in [9.17, 15) is 0 Å². The molecule has 0 radical (unpaired) electrons. The number of aryl methyl sites for hydroxylation is 2. The van der Waals surface area contributed by atoms with E-state index in [1.165, 1.54) is 59.4 Å². The van der Waals surface area contributed by atoms with Crippen LogP contribution < -0.4 is 10.6 Å². The third-order valence-corrected chi connectivity index (χ3v) is 7.09. The molecule has 2 heterocycles. The maximum Gasteiger partial charge on any atom is 0.133 e. The van der Waals surface area contributed by atoms with Crippen molar-refractivity contribution < 1.29 is 0 Å². The predicted molar refractivity (Wildman–Crippen MR) is 137 cm³/mol. The lowest BCUT2D eigenvalue weighted by molar-refractivity contribution is 0.171. The van der Waals surface area contributed by atoms with Crippen molar-refractivity contribution >= 4 is 11.5 Å². The molecule has 2 aromatic rings. The fourth-order valence-corrected chi connectivity index (χ4v) is 5.23. The normalized spacial score (nSPS) is 19.8. The predicted octanol–water partition coefficient (Wildman–Crippen LogP) is 6.15. The van der Waals surface area contributed by atoms with Gasteiger partial charge in [0.05, 0.1) is 0 Å². The third-order valence-electron chi connectivity index (χ3n) is 7.09. The molecule has 1 fully saturated rings. The Morgan fingerprint density at radius 3 is 2.44 bits per heavy atom. The average molecular weight is 433 g/mol. The molecule has 0 aromatic heterocycles. The van der Waals surface area contributed by atoms with Crippen molar-refractivity contribution in [1.29, 1.82) is 0 Å². The topological polar surface area (TPSA) is 39.7 Å². The molecule has 0 amide bonds. The second kappa shape index (κ2) is 8.90. The number of nitrogens with zero attached hydrogens (tertiary/aromatic N) is 2. The van der Waals surface area contributed by atoms with Gasteiger partial charge in [0.1, 0.15) is 11.5 Å². The highest BCUT2D eigenvalue weighted by atomic mass is 15.2. The standard InChI is InChI=1S/C28H40N4/c1-18(2)32-13-11-22(12-14-32)24-17-25-26(16-20(24)4)30-28(6,7)31-27(25)29-21(5)23-10-8-9-19(3)15-23/h8-10,15-18,21-22,30H,11-14H2,1-7H3,(H,29,31)/t21-/m1/s1. The van der Waals surface area contributed by atoms with E-state index in [1.807, 2.05) is 0 Å². The zero-order valence-electron chi connectivity index (χ0n) is 20.9. The number of hydrogen-bond donors (Lipinski definition) is 2. The quantitative estimate of drug-likeness (QED) is 0.609. The number of piperidine rings is 1. The lowest BCUT2D eigenvalue weighted by Crippen LogP contribution is -2.40. The first kappa shape index (κ1) is 22.8. The molecular weight excluding hydrogens is 392 g/mol. The first-order valence-electron chi connectivity index (χ1n) is 12.2. The van der Waals surface area contributed by atoms with Gasteiger partial charge in [0.25, 0.3) is 0 Å². The van der Waals surface area contributed by atoms with Crippen LogP contribution in [-0.2, 0) is 0 Å². The van der Waals surface area contributed by atoms with E-state index in [-0.39, 0.29) is 11.7 Å². The molecule has 32 heavy (non-hydrogen) atoms. The highest BCUT2D eigenvalue weighted by Gasteiger charge is 2.30. The molecule has 0 saturated carbocycles. The van der Waals surface area contributed by atoms with Crippen LogP contribution in [0.4, 0.5) is 5.69 Å². The number of anilines is 1. The number of likely N-dealkylation sites (tertiary alicyclic amines) is 1. The second-order valence-corrected chi connectivity index (χ2v) is 10.6. The van der Waals surface area contributed by atoms with Crippen molar-refractivity contribution in [3.63, 3.8) is 0 Å². The molecular formula is C28H40N4. The fourth-order valence-electron chi connectivity index (χ4n) is 5.23. The number of hydrogen-bond acceptors (Lipinski definition) is 4. The second-order valence-electron chi connectivity index (χ2n) is 10.6. The van der Waals surface area contributed by atoms with Gasteiger partial charge >= 0.3 is 0 Å². The Hall–Kier alpha value is -2.33. The summed E-state index contributed by atoms with van der Waals surface area (Å²) in [4.78, 5) is 7.68. The Labute approximate surface area is 194 Å². The molecule has 1 saturated heterocycles. The van der Waals surface area contributed by atoms with E-state index in [0.29, 0.717) is 12.0 Å². The number of amidine groups is 1. The van der Waals surface area contributed by atoms with Crippen molar-refractivity contribution in [2.24, 2.45) is 4.99 Å². The van der Waals surface area contributed by atoms with E-state index < -0.39 is 0 Å². The molecule has 2 aromatic carbocycles. The molecule has 0 aliphatic carbocycles. The number of benzene rings is 2. The summed E-state index contributed by atoms with van der Waals surface area (Å²) >= 11 is 0. The van der Waals surface area contributed by atoms with Crippen LogP contribution in [0.3, 0.4) is 0 Å². The smallest absolute Gasteiger partial charge is 0.133 e. The van der Waals surface area contributed by atoms with E-state index in [2.05, 4.69) is 100 Å². The zero-order valence-corrected chi connectivity index (χ0v) is 20.9. The lowest BCUT2D eigenvalue weighted by atomic mass is 9.84. The largest absolute Gasteiger partial charge is 0.363 e. The van der Waals surface area contributed by atoms with E-state index in [1.54, 1.807) is 0 Å². The number of aliphatic imine (C=N–C) groups is 1. The van der Waals surface area contributed by atoms with Gasteiger partial charge in [-0.2, -0.15) is 0 Å². The van der Waals surface area contributed by atoms with E-state index in [4.69, 9.17) is 4.99 Å². The molecule has 2 aliphatic rings. The summed E-state index contributed by atoms with van der Waals surface area (Å²) in [5.74, 6) is 1.62. The minimum Gasteiger partial charge on any atom is -0.363 e. The summed E-state index contributed by atoms with van der Waals surface area (Å²) in [7, 11) is 0. The Morgan fingerprint density at radius 2 is 1.78 bits per heavy atom. The summed E-state index contributed by atoms with van der Waals surface area (Å²) in [5.41, 5.74) is 7.52. The minimum atomic E-state index is -0.335. The minimum absolute atomic E-state index is 0.189. The zero-order chi connectivity index (χ0) is 23.0. The number of rotatable bonds is 4. The van der Waals surface area contributed by atoms with Crippen LogP contribution in [0.25, 0.3) is 0 Å². The summed E-state index contributed by atoms with van der Waals surface area (Å²) in [6.07, 6.45) is 2.46. The number of fused-ring (bicyclic) bond motifs is 1. The van der Waals surface area contributed by atoms with E-state index >= 15 is 0 Å². The Morgan fingerprint density at radius 1 is 1.06 bits per heavy atom. The first-order valence-corrected chi connectivity index (χ1v) is 12.2. The van der Waals surface area contributed by atoms with Gasteiger partial charge in [-0.3, -0.25) is 0 Å². The van der Waals surface area contributed by atoms with Crippen LogP contribution in [0.5, 0.6) is 0 Å². The summed E-state index contributed by atoms with van der Waals surface area (Å²) in [6.45, 7) is 17.9. The highest BCUT2D eigenvalue weighted by Crippen LogP contribution is 2.36. The molecule has 172 valence electrons. The van der Waals surface area contributed by atoms with Crippen LogP contribution in [-0.4, -0.2) is 35.5 Å².